The highest BCUT2D eigenvalue weighted by atomic mass is 19.1. The van der Waals surface area contributed by atoms with E-state index in [0.717, 1.165) is 11.1 Å². The van der Waals surface area contributed by atoms with Gasteiger partial charge in [0, 0.05) is 24.1 Å². The summed E-state index contributed by atoms with van der Waals surface area (Å²) in [6, 6.07) is 13.4. The summed E-state index contributed by atoms with van der Waals surface area (Å²) in [5, 5.41) is 4.13. The molecule has 6 nitrogen and oxygen atoms in total. The van der Waals surface area contributed by atoms with Gasteiger partial charge in [0.15, 0.2) is 17.3 Å². The highest BCUT2D eigenvalue weighted by Crippen LogP contribution is 2.32. The summed E-state index contributed by atoms with van der Waals surface area (Å²) >= 11 is 0. The van der Waals surface area contributed by atoms with Crippen LogP contribution in [0.15, 0.2) is 53.1 Å². The minimum atomic E-state index is -0.309. The van der Waals surface area contributed by atoms with Crippen LogP contribution in [0.2, 0.25) is 0 Å². The van der Waals surface area contributed by atoms with Crippen molar-refractivity contribution in [1.82, 2.24) is 10.1 Å². The number of methoxy groups -OCH3 is 2. The van der Waals surface area contributed by atoms with Gasteiger partial charge in [0.1, 0.15) is 11.5 Å². The Balaban J connectivity index is 1.81. The van der Waals surface area contributed by atoms with E-state index in [9.17, 15) is 9.18 Å². The van der Waals surface area contributed by atoms with Crippen LogP contribution in [0.5, 0.6) is 11.5 Å². The van der Waals surface area contributed by atoms with Crippen LogP contribution in [0.1, 0.15) is 25.1 Å². The van der Waals surface area contributed by atoms with Gasteiger partial charge in [-0.25, -0.2) is 4.39 Å². The summed E-state index contributed by atoms with van der Waals surface area (Å²) in [4.78, 5) is 14.4. The Morgan fingerprint density at radius 3 is 2.37 bits per heavy atom. The van der Waals surface area contributed by atoms with Gasteiger partial charge >= 0.3 is 0 Å². The van der Waals surface area contributed by atoms with E-state index in [-0.39, 0.29) is 24.2 Å². The number of amides is 1. The molecule has 0 radical (unpaired) electrons. The average molecular weight is 412 g/mol. The van der Waals surface area contributed by atoms with Crippen LogP contribution >= 0.6 is 0 Å². The van der Waals surface area contributed by atoms with E-state index in [0.29, 0.717) is 29.5 Å². The third-order valence-electron chi connectivity index (χ3n) is 4.67. The van der Waals surface area contributed by atoms with Crippen LogP contribution in [0.3, 0.4) is 0 Å². The standard InChI is InChI=1S/C23H25FN2O4/c1-15(2)23(27)26(13-16-5-8-18(24)9-6-16)14-19-12-21(30-25-19)17-7-10-20(28-3)22(11-17)29-4/h5-12,15H,13-14H2,1-4H3. The largest absolute Gasteiger partial charge is 0.493 e. The molecule has 1 heterocycles. The first-order valence-corrected chi connectivity index (χ1v) is 9.62. The minimum absolute atomic E-state index is 0.0185. The number of hydrogen-bond donors (Lipinski definition) is 0. The van der Waals surface area contributed by atoms with Crippen molar-refractivity contribution in [2.24, 2.45) is 5.92 Å². The number of aromatic nitrogens is 1. The number of benzene rings is 2. The maximum atomic E-state index is 13.2. The van der Waals surface area contributed by atoms with E-state index < -0.39 is 0 Å². The fraction of sp³-hybridized carbons (Fsp3) is 0.304. The Bertz CT molecular complexity index is 999. The molecule has 0 aliphatic carbocycles. The van der Waals surface area contributed by atoms with Crippen molar-refractivity contribution < 1.29 is 23.2 Å². The van der Waals surface area contributed by atoms with E-state index in [1.807, 2.05) is 19.9 Å². The smallest absolute Gasteiger partial charge is 0.225 e. The zero-order valence-corrected chi connectivity index (χ0v) is 17.5. The van der Waals surface area contributed by atoms with Gasteiger partial charge in [-0.1, -0.05) is 31.1 Å². The van der Waals surface area contributed by atoms with E-state index >= 15 is 0 Å². The molecule has 2 aromatic carbocycles. The molecular formula is C23H25FN2O4. The van der Waals surface area contributed by atoms with Gasteiger partial charge in [0.2, 0.25) is 5.91 Å². The Morgan fingerprint density at radius 2 is 1.73 bits per heavy atom. The Morgan fingerprint density at radius 1 is 1.03 bits per heavy atom. The highest BCUT2D eigenvalue weighted by molar-refractivity contribution is 5.78. The molecule has 3 aromatic rings. The van der Waals surface area contributed by atoms with Crippen molar-refractivity contribution in [3.63, 3.8) is 0 Å². The topological polar surface area (TPSA) is 64.8 Å². The van der Waals surface area contributed by atoms with Gasteiger partial charge in [-0.05, 0) is 35.9 Å². The lowest BCUT2D eigenvalue weighted by Crippen LogP contribution is -2.33. The molecular weight excluding hydrogens is 387 g/mol. The van der Waals surface area contributed by atoms with Gasteiger partial charge in [0.05, 0.1) is 20.8 Å². The monoisotopic (exact) mass is 412 g/mol. The Labute approximate surface area is 175 Å². The molecule has 0 N–H and O–H groups in total. The van der Waals surface area contributed by atoms with Crippen LogP contribution in [0.25, 0.3) is 11.3 Å². The lowest BCUT2D eigenvalue weighted by molar-refractivity contribution is -0.135. The summed E-state index contributed by atoms with van der Waals surface area (Å²) in [7, 11) is 3.14. The van der Waals surface area contributed by atoms with E-state index in [4.69, 9.17) is 14.0 Å². The van der Waals surface area contributed by atoms with Crippen molar-refractivity contribution in [1.29, 1.82) is 0 Å². The molecule has 0 saturated heterocycles. The van der Waals surface area contributed by atoms with Gasteiger partial charge < -0.3 is 18.9 Å². The molecule has 0 aliphatic rings. The molecule has 1 amide bonds. The fourth-order valence-corrected chi connectivity index (χ4v) is 3.09. The number of halogens is 1. The average Bonchev–Trinajstić information content (AvgIpc) is 3.22. The van der Waals surface area contributed by atoms with Crippen LogP contribution < -0.4 is 9.47 Å². The first-order chi connectivity index (χ1) is 14.4. The van der Waals surface area contributed by atoms with E-state index in [1.54, 1.807) is 49.5 Å². The van der Waals surface area contributed by atoms with Gasteiger partial charge in [-0.3, -0.25) is 4.79 Å². The number of ether oxygens (including phenoxy) is 2. The predicted molar refractivity (Wildman–Crippen MR) is 111 cm³/mol. The summed E-state index contributed by atoms with van der Waals surface area (Å²) in [6.45, 7) is 4.33. The number of nitrogens with zero attached hydrogens (tertiary/aromatic N) is 2. The van der Waals surface area contributed by atoms with Crippen molar-refractivity contribution in [3.8, 4) is 22.8 Å². The van der Waals surface area contributed by atoms with Gasteiger partial charge in [-0.15, -0.1) is 0 Å². The molecule has 0 saturated carbocycles. The number of carbonyl (C=O) groups excluding carboxylic acids is 1. The van der Waals surface area contributed by atoms with Crippen LogP contribution in [0.4, 0.5) is 4.39 Å². The fourth-order valence-electron chi connectivity index (χ4n) is 3.09. The second-order valence-electron chi connectivity index (χ2n) is 7.23. The van der Waals surface area contributed by atoms with Crippen molar-refractivity contribution in [2.75, 3.05) is 14.2 Å². The molecule has 0 bridgehead atoms. The van der Waals surface area contributed by atoms with Gasteiger partial charge in [0.25, 0.3) is 0 Å². The molecule has 7 heteroatoms. The first-order valence-electron chi connectivity index (χ1n) is 9.62. The minimum Gasteiger partial charge on any atom is -0.493 e. The molecule has 0 aliphatic heterocycles. The molecule has 0 fully saturated rings. The summed E-state index contributed by atoms with van der Waals surface area (Å²) in [5.41, 5.74) is 2.25. The summed E-state index contributed by atoms with van der Waals surface area (Å²) < 4.78 is 29.3. The normalized spacial score (nSPS) is 10.9. The number of hydrogen-bond acceptors (Lipinski definition) is 5. The summed E-state index contributed by atoms with van der Waals surface area (Å²) in [5.74, 6) is 1.26. The van der Waals surface area contributed by atoms with Crippen molar-refractivity contribution >= 4 is 5.91 Å². The maximum absolute atomic E-state index is 13.2. The van der Waals surface area contributed by atoms with Crippen molar-refractivity contribution in [2.45, 2.75) is 26.9 Å². The molecule has 1 aromatic heterocycles. The third kappa shape index (κ3) is 4.97. The third-order valence-corrected chi connectivity index (χ3v) is 4.67. The lowest BCUT2D eigenvalue weighted by Gasteiger charge is -2.23. The molecule has 30 heavy (non-hydrogen) atoms. The number of rotatable bonds is 8. The summed E-state index contributed by atoms with van der Waals surface area (Å²) in [6.07, 6.45) is 0. The molecule has 3 rings (SSSR count). The Hall–Kier alpha value is -3.35. The first kappa shape index (κ1) is 21.4. The van der Waals surface area contributed by atoms with E-state index in [1.165, 1.54) is 12.1 Å². The van der Waals surface area contributed by atoms with Gasteiger partial charge in [-0.2, -0.15) is 0 Å². The van der Waals surface area contributed by atoms with Crippen molar-refractivity contribution in [3.05, 3.63) is 65.6 Å². The second kappa shape index (κ2) is 9.43. The highest BCUT2D eigenvalue weighted by Gasteiger charge is 2.20. The van der Waals surface area contributed by atoms with Crippen LogP contribution in [-0.2, 0) is 17.9 Å². The molecule has 0 spiro atoms. The van der Waals surface area contributed by atoms with E-state index in [2.05, 4.69) is 5.16 Å². The van der Waals surface area contributed by atoms with Crippen LogP contribution in [0, 0.1) is 11.7 Å². The predicted octanol–water partition coefficient (Wildman–Crippen LogP) is 4.68. The molecule has 158 valence electrons. The molecule has 0 atom stereocenters. The Kier molecular flexibility index (Phi) is 6.72. The second-order valence-corrected chi connectivity index (χ2v) is 7.23. The number of carbonyl (C=O) groups is 1. The lowest BCUT2D eigenvalue weighted by atomic mass is 10.1. The maximum Gasteiger partial charge on any atom is 0.225 e. The molecule has 0 unspecified atom stereocenters. The SMILES string of the molecule is COc1ccc(-c2cc(CN(Cc3ccc(F)cc3)C(=O)C(C)C)no2)cc1OC. The quantitative estimate of drug-likeness (QED) is 0.537. The zero-order chi connectivity index (χ0) is 21.7. The zero-order valence-electron chi connectivity index (χ0n) is 17.5. The van der Waals surface area contributed by atoms with Crippen LogP contribution in [-0.4, -0.2) is 30.2 Å².